The van der Waals surface area contributed by atoms with E-state index in [0.717, 1.165) is 17.7 Å². The monoisotopic (exact) mass is 243 g/mol. The number of sulfone groups is 1. The Labute approximate surface area is 95.6 Å². The van der Waals surface area contributed by atoms with Gasteiger partial charge in [-0.05, 0) is 19.8 Å². The Morgan fingerprint density at radius 3 is 2.69 bits per heavy atom. The molecule has 0 bridgehead atoms. The van der Waals surface area contributed by atoms with Crippen LogP contribution in [0.3, 0.4) is 0 Å². The van der Waals surface area contributed by atoms with Gasteiger partial charge in [0.05, 0.1) is 23.2 Å². The minimum atomic E-state index is -2.89. The van der Waals surface area contributed by atoms with Crippen LogP contribution in [0.2, 0.25) is 0 Å². The van der Waals surface area contributed by atoms with Crippen molar-refractivity contribution < 1.29 is 8.42 Å². The van der Waals surface area contributed by atoms with Gasteiger partial charge >= 0.3 is 0 Å². The third kappa shape index (κ3) is 1.81. The minimum Gasteiger partial charge on any atom is -0.384 e. The smallest absolute Gasteiger partial charge is 0.152 e. The summed E-state index contributed by atoms with van der Waals surface area (Å²) in [6, 6.07) is -0.0796. The van der Waals surface area contributed by atoms with E-state index in [1.807, 2.05) is 13.8 Å². The first-order valence-electron chi connectivity index (χ1n) is 5.48. The highest BCUT2D eigenvalue weighted by atomic mass is 32.2. The third-order valence-corrected chi connectivity index (χ3v) is 4.91. The zero-order valence-corrected chi connectivity index (χ0v) is 10.4. The fraction of sp³-hybridized carbons (Fsp3) is 0.700. The predicted molar refractivity (Wildman–Crippen MR) is 63.1 cm³/mol. The quantitative estimate of drug-likeness (QED) is 0.829. The highest BCUT2D eigenvalue weighted by molar-refractivity contribution is 7.91. The molecule has 2 rings (SSSR count). The van der Waals surface area contributed by atoms with Gasteiger partial charge < -0.3 is 5.73 Å². The lowest BCUT2D eigenvalue weighted by Crippen LogP contribution is -2.15. The zero-order valence-electron chi connectivity index (χ0n) is 9.60. The van der Waals surface area contributed by atoms with Crippen LogP contribution in [-0.2, 0) is 16.3 Å². The molecule has 0 radical (unpaired) electrons. The van der Waals surface area contributed by atoms with Crippen LogP contribution in [0.4, 0.5) is 5.82 Å². The van der Waals surface area contributed by atoms with Gasteiger partial charge in [0.15, 0.2) is 9.84 Å². The largest absolute Gasteiger partial charge is 0.384 e. The third-order valence-electron chi connectivity index (χ3n) is 3.16. The van der Waals surface area contributed by atoms with Crippen molar-refractivity contribution in [2.45, 2.75) is 32.7 Å². The fourth-order valence-corrected chi connectivity index (χ4v) is 3.97. The summed E-state index contributed by atoms with van der Waals surface area (Å²) in [5.41, 5.74) is 7.93. The molecule has 1 unspecified atom stereocenters. The maximum Gasteiger partial charge on any atom is 0.152 e. The van der Waals surface area contributed by atoms with Crippen molar-refractivity contribution in [2.75, 3.05) is 17.2 Å². The first-order valence-corrected chi connectivity index (χ1v) is 7.30. The van der Waals surface area contributed by atoms with E-state index >= 15 is 0 Å². The van der Waals surface area contributed by atoms with E-state index < -0.39 is 9.84 Å². The predicted octanol–water partition coefficient (Wildman–Crippen LogP) is 0.696. The van der Waals surface area contributed by atoms with Crippen molar-refractivity contribution in [2.24, 2.45) is 0 Å². The van der Waals surface area contributed by atoms with Crippen molar-refractivity contribution in [1.29, 1.82) is 0 Å². The van der Waals surface area contributed by atoms with Crippen molar-refractivity contribution in [1.82, 2.24) is 9.78 Å². The van der Waals surface area contributed by atoms with E-state index in [4.69, 9.17) is 5.73 Å². The first kappa shape index (κ1) is 11.4. The average Bonchev–Trinajstić information content (AvgIpc) is 2.68. The second kappa shape index (κ2) is 3.76. The molecule has 1 aliphatic heterocycles. The normalized spacial score (nSPS) is 23.8. The van der Waals surface area contributed by atoms with Gasteiger partial charge in [0.2, 0.25) is 0 Å². The Kier molecular flexibility index (Phi) is 2.69. The minimum absolute atomic E-state index is 0.0796. The van der Waals surface area contributed by atoms with Crippen LogP contribution in [0, 0.1) is 6.92 Å². The molecule has 1 aliphatic rings. The van der Waals surface area contributed by atoms with Gasteiger partial charge in [0, 0.05) is 5.56 Å². The maximum atomic E-state index is 11.4. The summed E-state index contributed by atoms with van der Waals surface area (Å²) in [7, 11) is -2.89. The summed E-state index contributed by atoms with van der Waals surface area (Å²) in [5, 5.41) is 4.36. The van der Waals surface area contributed by atoms with Crippen LogP contribution in [0.15, 0.2) is 0 Å². The van der Waals surface area contributed by atoms with Gasteiger partial charge in [-0.1, -0.05) is 6.92 Å². The molecule has 1 saturated heterocycles. The van der Waals surface area contributed by atoms with Crippen molar-refractivity contribution in [3.63, 3.8) is 0 Å². The molecule has 1 atom stereocenters. The Bertz CT molecular complexity index is 504. The molecule has 6 heteroatoms. The molecular formula is C10H17N3O2S. The second-order valence-electron chi connectivity index (χ2n) is 4.30. The lowest BCUT2D eigenvalue weighted by Gasteiger charge is -2.10. The molecule has 0 aliphatic carbocycles. The Balaban J connectivity index is 2.36. The molecule has 2 heterocycles. The molecule has 0 saturated carbocycles. The lowest BCUT2D eigenvalue weighted by atomic mass is 10.2. The molecule has 1 aromatic heterocycles. The number of hydrogen-bond acceptors (Lipinski definition) is 4. The maximum absolute atomic E-state index is 11.4. The van der Waals surface area contributed by atoms with Crippen molar-refractivity contribution in [3.05, 3.63) is 11.3 Å². The van der Waals surface area contributed by atoms with Crippen molar-refractivity contribution >= 4 is 15.7 Å². The van der Waals surface area contributed by atoms with Gasteiger partial charge in [0.25, 0.3) is 0 Å². The van der Waals surface area contributed by atoms with Gasteiger partial charge in [-0.15, -0.1) is 0 Å². The number of nitrogen functional groups attached to an aromatic ring is 1. The molecule has 0 amide bonds. The summed E-state index contributed by atoms with van der Waals surface area (Å²) in [6.07, 6.45) is 1.45. The summed E-state index contributed by atoms with van der Waals surface area (Å²) in [6.45, 7) is 3.94. The summed E-state index contributed by atoms with van der Waals surface area (Å²) >= 11 is 0. The number of aryl methyl sites for hydroxylation is 1. The van der Waals surface area contributed by atoms with Gasteiger partial charge in [-0.25, -0.2) is 13.1 Å². The van der Waals surface area contributed by atoms with E-state index in [9.17, 15) is 8.42 Å². The molecule has 1 fully saturated rings. The van der Waals surface area contributed by atoms with E-state index in [1.54, 1.807) is 4.68 Å². The molecule has 16 heavy (non-hydrogen) atoms. The molecule has 5 nitrogen and oxygen atoms in total. The van der Waals surface area contributed by atoms with Crippen LogP contribution in [0.25, 0.3) is 0 Å². The van der Waals surface area contributed by atoms with E-state index in [2.05, 4.69) is 5.10 Å². The molecule has 90 valence electrons. The molecule has 1 aromatic rings. The summed E-state index contributed by atoms with van der Waals surface area (Å²) in [4.78, 5) is 0. The van der Waals surface area contributed by atoms with Crippen LogP contribution in [0.5, 0.6) is 0 Å². The molecular weight excluding hydrogens is 226 g/mol. The van der Waals surface area contributed by atoms with Gasteiger partial charge in [0.1, 0.15) is 5.82 Å². The molecule has 0 spiro atoms. The van der Waals surface area contributed by atoms with Crippen molar-refractivity contribution in [3.8, 4) is 0 Å². The number of rotatable bonds is 2. The number of hydrogen-bond donors (Lipinski definition) is 1. The highest BCUT2D eigenvalue weighted by Crippen LogP contribution is 2.28. The van der Waals surface area contributed by atoms with Crippen LogP contribution in [-0.4, -0.2) is 29.7 Å². The Morgan fingerprint density at radius 2 is 2.25 bits per heavy atom. The van der Waals surface area contributed by atoms with E-state index in [1.165, 1.54) is 0 Å². The number of anilines is 1. The first-order chi connectivity index (χ1) is 7.44. The number of nitrogens with two attached hydrogens (primary N) is 1. The summed E-state index contributed by atoms with van der Waals surface area (Å²) < 4.78 is 24.5. The number of aromatic nitrogens is 2. The molecule has 2 N–H and O–H groups in total. The second-order valence-corrected chi connectivity index (χ2v) is 6.53. The van der Waals surface area contributed by atoms with Gasteiger partial charge in [-0.2, -0.15) is 5.10 Å². The topological polar surface area (TPSA) is 78.0 Å². The molecule has 0 aromatic carbocycles. The van der Waals surface area contributed by atoms with Crippen LogP contribution in [0.1, 0.15) is 30.6 Å². The standard InChI is InChI=1S/C10H17N3O2S/c1-3-9-7(2)12-13(10(9)11)8-4-5-16(14,15)6-8/h8H,3-6,11H2,1-2H3. The Hall–Kier alpha value is -1.04. The zero-order chi connectivity index (χ0) is 11.9. The van der Waals surface area contributed by atoms with E-state index in [-0.39, 0.29) is 17.5 Å². The SMILES string of the molecule is CCc1c(C)nn(C2CCS(=O)(=O)C2)c1N. The summed E-state index contributed by atoms with van der Waals surface area (Å²) in [5.74, 6) is 1.04. The average molecular weight is 243 g/mol. The van der Waals surface area contributed by atoms with Gasteiger partial charge in [-0.3, -0.25) is 0 Å². The fourth-order valence-electron chi connectivity index (χ4n) is 2.28. The van der Waals surface area contributed by atoms with E-state index in [0.29, 0.717) is 12.2 Å². The lowest BCUT2D eigenvalue weighted by molar-refractivity contribution is 0.504. The van der Waals surface area contributed by atoms with Crippen LogP contribution < -0.4 is 5.73 Å². The Morgan fingerprint density at radius 1 is 1.56 bits per heavy atom. The number of nitrogens with zero attached hydrogens (tertiary/aromatic N) is 2. The highest BCUT2D eigenvalue weighted by Gasteiger charge is 2.31. The van der Waals surface area contributed by atoms with Crippen LogP contribution >= 0.6 is 0 Å².